The van der Waals surface area contributed by atoms with Crippen molar-refractivity contribution in [2.45, 2.75) is 45.6 Å². The van der Waals surface area contributed by atoms with E-state index in [4.69, 9.17) is 23.2 Å². The molecule has 0 unspecified atom stereocenters. The fourth-order valence-corrected chi connectivity index (χ4v) is 3.53. The SMILES string of the molecule is C[C@H]1N[C@@](C(=O)C(F)(F)F)(C(C)(C)C)N(c2cc(Cl)c(F)c(Cl)c2)C1=O. The van der Waals surface area contributed by atoms with Gasteiger partial charge >= 0.3 is 6.18 Å². The Kier molecular flexibility index (Phi) is 5.11. The highest BCUT2D eigenvalue weighted by Gasteiger charge is 2.67. The zero-order valence-electron chi connectivity index (χ0n) is 14.3. The van der Waals surface area contributed by atoms with Crippen LogP contribution in [0.4, 0.5) is 23.2 Å². The number of nitrogens with one attached hydrogen (secondary N) is 1. The van der Waals surface area contributed by atoms with Crippen molar-refractivity contribution in [2.75, 3.05) is 4.90 Å². The zero-order chi connectivity index (χ0) is 20.2. The Labute approximate surface area is 157 Å². The molecule has 0 aliphatic carbocycles. The predicted molar refractivity (Wildman–Crippen MR) is 89.8 cm³/mol. The van der Waals surface area contributed by atoms with E-state index in [1.165, 1.54) is 27.7 Å². The van der Waals surface area contributed by atoms with Gasteiger partial charge in [-0.1, -0.05) is 44.0 Å². The van der Waals surface area contributed by atoms with E-state index in [1.54, 1.807) is 0 Å². The standard InChI is InChI=1S/C16H16Cl2F4N2O2/c1-7-12(25)24(8-5-9(17)11(19)10(18)6-8)15(23-7,14(2,3)4)13(26)16(20,21)22/h5-7,23H,1-4H3/t7-,15-/m1/s1. The molecule has 0 bridgehead atoms. The quantitative estimate of drug-likeness (QED) is 0.578. The van der Waals surface area contributed by atoms with Gasteiger partial charge in [-0.05, 0) is 19.1 Å². The van der Waals surface area contributed by atoms with Crippen molar-refractivity contribution < 1.29 is 27.2 Å². The molecule has 4 nitrogen and oxygen atoms in total. The Hall–Kier alpha value is -1.38. The summed E-state index contributed by atoms with van der Waals surface area (Å²) in [7, 11) is 0. The van der Waals surface area contributed by atoms with Gasteiger partial charge in [0.1, 0.15) is 0 Å². The van der Waals surface area contributed by atoms with Crippen LogP contribution in [0.2, 0.25) is 10.0 Å². The van der Waals surface area contributed by atoms with Crippen LogP contribution < -0.4 is 10.2 Å². The molecule has 1 heterocycles. The lowest BCUT2D eigenvalue weighted by Crippen LogP contribution is -2.69. The average molecular weight is 415 g/mol. The summed E-state index contributed by atoms with van der Waals surface area (Å²) in [6.45, 7) is 5.48. The molecule has 0 aromatic heterocycles. The number of nitrogens with zero attached hydrogens (tertiary/aromatic N) is 1. The molecule has 2 rings (SSSR count). The number of alkyl halides is 3. The summed E-state index contributed by atoms with van der Waals surface area (Å²) in [5.41, 5.74) is -4.05. The predicted octanol–water partition coefficient (Wildman–Crippen LogP) is 4.33. The number of amides is 1. The number of rotatable bonds is 2. The molecule has 2 atom stereocenters. The van der Waals surface area contributed by atoms with Gasteiger partial charge in [-0.2, -0.15) is 13.2 Å². The van der Waals surface area contributed by atoms with E-state index < -0.39 is 50.8 Å². The van der Waals surface area contributed by atoms with Crippen LogP contribution in [0.3, 0.4) is 0 Å². The van der Waals surface area contributed by atoms with Crippen molar-refractivity contribution in [1.29, 1.82) is 0 Å². The first-order valence-corrected chi connectivity index (χ1v) is 8.28. The lowest BCUT2D eigenvalue weighted by Gasteiger charge is -2.46. The number of hydrogen-bond acceptors (Lipinski definition) is 3. The van der Waals surface area contributed by atoms with Crippen molar-refractivity contribution in [3.8, 4) is 0 Å². The van der Waals surface area contributed by atoms with Crippen LogP contribution in [-0.2, 0) is 9.59 Å². The minimum absolute atomic E-state index is 0.212. The molecule has 10 heteroatoms. The van der Waals surface area contributed by atoms with Crippen LogP contribution in [-0.4, -0.2) is 29.6 Å². The third kappa shape index (κ3) is 3.08. The number of benzene rings is 1. The van der Waals surface area contributed by atoms with Crippen LogP contribution >= 0.6 is 23.2 Å². The van der Waals surface area contributed by atoms with Gasteiger partial charge in [-0.25, -0.2) is 4.39 Å². The van der Waals surface area contributed by atoms with E-state index >= 15 is 0 Å². The largest absolute Gasteiger partial charge is 0.454 e. The van der Waals surface area contributed by atoms with Gasteiger partial charge in [-0.15, -0.1) is 0 Å². The molecule has 1 aromatic carbocycles. The highest BCUT2D eigenvalue weighted by Crippen LogP contribution is 2.46. The molecule has 0 saturated carbocycles. The minimum Gasteiger partial charge on any atom is -0.285 e. The Morgan fingerprint density at radius 2 is 1.65 bits per heavy atom. The molecule has 1 aliphatic rings. The second-order valence-electron chi connectivity index (χ2n) is 7.05. The molecule has 26 heavy (non-hydrogen) atoms. The molecular weight excluding hydrogens is 399 g/mol. The molecule has 0 radical (unpaired) electrons. The Bertz CT molecular complexity index is 753. The maximum absolute atomic E-state index is 13.7. The third-order valence-electron chi connectivity index (χ3n) is 4.25. The van der Waals surface area contributed by atoms with Crippen LogP contribution in [0.5, 0.6) is 0 Å². The molecule has 1 amide bonds. The topological polar surface area (TPSA) is 49.4 Å². The highest BCUT2D eigenvalue weighted by molar-refractivity contribution is 6.35. The zero-order valence-corrected chi connectivity index (χ0v) is 15.8. The number of carbonyl (C=O) groups is 2. The summed E-state index contributed by atoms with van der Waals surface area (Å²) in [6.07, 6.45) is -5.23. The summed E-state index contributed by atoms with van der Waals surface area (Å²) >= 11 is 11.5. The van der Waals surface area contributed by atoms with Crippen molar-refractivity contribution in [1.82, 2.24) is 5.32 Å². The molecular formula is C16H16Cl2F4N2O2. The van der Waals surface area contributed by atoms with Gasteiger partial charge in [-0.3, -0.25) is 19.8 Å². The summed E-state index contributed by atoms with van der Waals surface area (Å²) in [5, 5.41) is 1.52. The van der Waals surface area contributed by atoms with Gasteiger partial charge in [0.05, 0.1) is 16.1 Å². The normalized spacial score (nSPS) is 24.3. The van der Waals surface area contributed by atoms with Crippen molar-refractivity contribution >= 4 is 40.6 Å². The third-order valence-corrected chi connectivity index (χ3v) is 4.80. The fourth-order valence-electron chi connectivity index (χ4n) is 3.06. The number of halogens is 6. The first-order chi connectivity index (χ1) is 11.6. The minimum atomic E-state index is -5.23. The van der Waals surface area contributed by atoms with Gasteiger partial charge < -0.3 is 0 Å². The lowest BCUT2D eigenvalue weighted by atomic mass is 9.76. The van der Waals surface area contributed by atoms with Crippen LogP contribution in [0.25, 0.3) is 0 Å². The molecule has 144 valence electrons. The van der Waals surface area contributed by atoms with E-state index in [-0.39, 0.29) is 5.69 Å². The number of anilines is 1. The Morgan fingerprint density at radius 3 is 2.04 bits per heavy atom. The van der Waals surface area contributed by atoms with Crippen LogP contribution in [0, 0.1) is 11.2 Å². The molecule has 0 spiro atoms. The second kappa shape index (κ2) is 6.35. The number of ketones is 1. The summed E-state index contributed by atoms with van der Waals surface area (Å²) in [4.78, 5) is 25.8. The van der Waals surface area contributed by atoms with Crippen molar-refractivity contribution in [3.05, 3.63) is 28.0 Å². The van der Waals surface area contributed by atoms with E-state index in [9.17, 15) is 27.2 Å². The summed E-state index contributed by atoms with van der Waals surface area (Å²) in [6, 6.07) is 0.831. The van der Waals surface area contributed by atoms with E-state index in [2.05, 4.69) is 5.32 Å². The van der Waals surface area contributed by atoms with Crippen LogP contribution in [0.1, 0.15) is 27.7 Å². The molecule has 1 saturated heterocycles. The monoisotopic (exact) mass is 414 g/mol. The van der Waals surface area contributed by atoms with Gasteiger partial charge in [0.25, 0.3) is 5.78 Å². The van der Waals surface area contributed by atoms with Crippen molar-refractivity contribution in [2.24, 2.45) is 5.41 Å². The first kappa shape index (κ1) is 20.9. The Balaban J connectivity index is 2.82. The molecule has 1 aromatic rings. The van der Waals surface area contributed by atoms with E-state index in [0.29, 0.717) is 4.90 Å². The first-order valence-electron chi connectivity index (χ1n) is 7.52. The number of hydrogen-bond donors (Lipinski definition) is 1. The van der Waals surface area contributed by atoms with E-state index in [0.717, 1.165) is 12.1 Å². The second-order valence-corrected chi connectivity index (χ2v) is 7.86. The summed E-state index contributed by atoms with van der Waals surface area (Å²) in [5.74, 6) is -3.92. The average Bonchev–Trinajstić information content (AvgIpc) is 2.75. The summed E-state index contributed by atoms with van der Waals surface area (Å²) < 4.78 is 53.9. The fraction of sp³-hybridized carbons (Fsp3) is 0.500. The van der Waals surface area contributed by atoms with Gasteiger partial charge in [0.15, 0.2) is 11.5 Å². The Morgan fingerprint density at radius 1 is 1.19 bits per heavy atom. The maximum Gasteiger partial charge on any atom is 0.454 e. The molecule has 1 N–H and O–H groups in total. The molecule has 1 aliphatic heterocycles. The molecule has 1 fully saturated rings. The van der Waals surface area contributed by atoms with Crippen molar-refractivity contribution in [3.63, 3.8) is 0 Å². The number of carbonyl (C=O) groups excluding carboxylic acids is 2. The van der Waals surface area contributed by atoms with Gasteiger partial charge in [0.2, 0.25) is 5.91 Å². The maximum atomic E-state index is 13.7. The van der Waals surface area contributed by atoms with E-state index in [1.807, 2.05) is 0 Å². The highest BCUT2D eigenvalue weighted by atomic mass is 35.5. The van der Waals surface area contributed by atoms with Gasteiger partial charge in [0, 0.05) is 11.1 Å². The number of Topliss-reactive ketones (excluding diaryl/α,β-unsaturated/α-hetero) is 1. The van der Waals surface area contributed by atoms with Crippen LogP contribution in [0.15, 0.2) is 12.1 Å². The smallest absolute Gasteiger partial charge is 0.285 e. The lowest BCUT2D eigenvalue weighted by molar-refractivity contribution is -0.182.